The molecule has 1 unspecified atom stereocenters. The molecule has 0 bridgehead atoms. The molecule has 1 rings (SSSR count). The monoisotopic (exact) mass is 253 g/mol. The Morgan fingerprint density at radius 2 is 2.00 bits per heavy atom. The predicted octanol–water partition coefficient (Wildman–Crippen LogP) is 4.88. The smallest absolute Gasteiger partial charge is 0.0409 e. The van der Waals surface area contributed by atoms with Crippen LogP contribution in [-0.4, -0.2) is 6.54 Å². The molecule has 0 saturated carbocycles. The van der Waals surface area contributed by atoms with Crippen molar-refractivity contribution >= 4 is 11.6 Å². The van der Waals surface area contributed by atoms with Gasteiger partial charge in [0.2, 0.25) is 0 Å². The van der Waals surface area contributed by atoms with Crippen molar-refractivity contribution in [2.75, 3.05) is 6.54 Å². The van der Waals surface area contributed by atoms with E-state index >= 15 is 0 Å². The van der Waals surface area contributed by atoms with Gasteiger partial charge in [-0.25, -0.2) is 0 Å². The highest BCUT2D eigenvalue weighted by Crippen LogP contribution is 2.25. The van der Waals surface area contributed by atoms with E-state index in [0.29, 0.717) is 6.04 Å². The molecule has 0 fully saturated rings. The van der Waals surface area contributed by atoms with E-state index < -0.39 is 0 Å². The van der Waals surface area contributed by atoms with Crippen molar-refractivity contribution in [1.82, 2.24) is 5.32 Å². The van der Waals surface area contributed by atoms with E-state index in [1.807, 2.05) is 6.07 Å². The second-order valence-corrected chi connectivity index (χ2v) is 5.09. The predicted molar refractivity (Wildman–Crippen MR) is 76.7 cm³/mol. The summed E-state index contributed by atoms with van der Waals surface area (Å²) in [5.74, 6) is 0. The summed E-state index contributed by atoms with van der Waals surface area (Å²) < 4.78 is 0. The molecule has 96 valence electrons. The molecule has 0 aromatic heterocycles. The zero-order valence-corrected chi connectivity index (χ0v) is 12.0. The van der Waals surface area contributed by atoms with Gasteiger partial charge in [0.25, 0.3) is 0 Å². The molecule has 2 heteroatoms. The number of hydrogen-bond donors (Lipinski definition) is 1. The van der Waals surface area contributed by atoms with Crippen LogP contribution in [0.25, 0.3) is 0 Å². The summed E-state index contributed by atoms with van der Waals surface area (Å²) in [6, 6.07) is 6.65. The molecule has 0 aliphatic carbocycles. The number of benzene rings is 1. The third-order valence-electron chi connectivity index (χ3n) is 3.10. The Bertz CT molecular complexity index is 328. The van der Waals surface area contributed by atoms with Gasteiger partial charge in [0.15, 0.2) is 0 Å². The minimum absolute atomic E-state index is 0.452. The van der Waals surface area contributed by atoms with Crippen molar-refractivity contribution in [3.05, 3.63) is 34.3 Å². The first-order chi connectivity index (χ1) is 8.19. The zero-order valence-electron chi connectivity index (χ0n) is 11.2. The fourth-order valence-corrected chi connectivity index (χ4v) is 2.26. The number of aryl methyl sites for hydroxylation is 1. The fraction of sp³-hybridized carbons (Fsp3) is 0.600. The Morgan fingerprint density at radius 3 is 2.65 bits per heavy atom. The summed E-state index contributed by atoms with van der Waals surface area (Å²) >= 11 is 6.10. The van der Waals surface area contributed by atoms with Gasteiger partial charge >= 0.3 is 0 Å². The third kappa shape index (κ3) is 4.69. The number of halogens is 1. The Labute approximate surface area is 111 Å². The summed E-state index contributed by atoms with van der Waals surface area (Å²) in [5, 5.41) is 4.47. The normalized spacial score (nSPS) is 12.7. The van der Waals surface area contributed by atoms with Crippen LogP contribution in [0.1, 0.15) is 56.7 Å². The van der Waals surface area contributed by atoms with Crippen molar-refractivity contribution in [1.29, 1.82) is 0 Å². The molecule has 1 N–H and O–H groups in total. The number of unbranched alkanes of at least 4 members (excludes halogenated alkanes) is 1. The number of nitrogens with one attached hydrogen (secondary N) is 1. The Kier molecular flexibility index (Phi) is 6.61. The van der Waals surface area contributed by atoms with Gasteiger partial charge in [0.05, 0.1) is 0 Å². The van der Waals surface area contributed by atoms with E-state index in [1.165, 1.54) is 36.8 Å². The van der Waals surface area contributed by atoms with Gasteiger partial charge in [-0.15, -0.1) is 0 Å². The van der Waals surface area contributed by atoms with Gasteiger partial charge in [-0.3, -0.25) is 0 Å². The largest absolute Gasteiger partial charge is 0.310 e. The molecule has 0 aliphatic heterocycles. The maximum Gasteiger partial charge on any atom is 0.0409 e. The first-order valence-corrected chi connectivity index (χ1v) is 7.06. The standard InChI is InChI=1S/C15H24ClN/c1-4-6-7-15(17-10-5-2)14-11-13(16)9-8-12(14)3/h8-9,11,15,17H,4-7,10H2,1-3H3. The van der Waals surface area contributed by atoms with Crippen LogP contribution in [0.5, 0.6) is 0 Å². The van der Waals surface area contributed by atoms with Crippen molar-refractivity contribution in [3.8, 4) is 0 Å². The van der Waals surface area contributed by atoms with Crippen molar-refractivity contribution < 1.29 is 0 Å². The van der Waals surface area contributed by atoms with Gasteiger partial charge in [0, 0.05) is 11.1 Å². The van der Waals surface area contributed by atoms with E-state index in [4.69, 9.17) is 11.6 Å². The molecule has 1 nitrogen and oxygen atoms in total. The van der Waals surface area contributed by atoms with E-state index in [1.54, 1.807) is 0 Å². The molecule has 0 radical (unpaired) electrons. The van der Waals surface area contributed by atoms with E-state index in [9.17, 15) is 0 Å². The minimum Gasteiger partial charge on any atom is -0.310 e. The summed E-state index contributed by atoms with van der Waals surface area (Å²) in [6.45, 7) is 7.68. The van der Waals surface area contributed by atoms with Crippen LogP contribution in [0.4, 0.5) is 0 Å². The van der Waals surface area contributed by atoms with Gasteiger partial charge in [0.1, 0.15) is 0 Å². The summed E-state index contributed by atoms with van der Waals surface area (Å²) in [6.07, 6.45) is 4.86. The van der Waals surface area contributed by atoms with Gasteiger partial charge in [-0.2, -0.15) is 0 Å². The molecule has 0 aliphatic rings. The first kappa shape index (κ1) is 14.5. The third-order valence-corrected chi connectivity index (χ3v) is 3.34. The van der Waals surface area contributed by atoms with Crippen LogP contribution in [0, 0.1) is 6.92 Å². The molecule has 1 aromatic carbocycles. The van der Waals surface area contributed by atoms with Crippen LogP contribution < -0.4 is 5.32 Å². The lowest BCUT2D eigenvalue weighted by Gasteiger charge is -2.21. The maximum atomic E-state index is 6.10. The highest BCUT2D eigenvalue weighted by Gasteiger charge is 2.12. The van der Waals surface area contributed by atoms with Gasteiger partial charge in [-0.05, 0) is 49.6 Å². The minimum atomic E-state index is 0.452. The molecule has 17 heavy (non-hydrogen) atoms. The SMILES string of the molecule is CCCCC(NCCC)c1cc(Cl)ccc1C. The second kappa shape index (κ2) is 7.73. The second-order valence-electron chi connectivity index (χ2n) is 4.65. The van der Waals surface area contributed by atoms with E-state index in [2.05, 4.69) is 38.2 Å². The summed E-state index contributed by atoms with van der Waals surface area (Å²) in [5.41, 5.74) is 2.69. The zero-order chi connectivity index (χ0) is 12.7. The van der Waals surface area contributed by atoms with Crippen LogP contribution in [-0.2, 0) is 0 Å². The topological polar surface area (TPSA) is 12.0 Å². The molecule has 1 atom stereocenters. The quantitative estimate of drug-likeness (QED) is 0.730. The Hall–Kier alpha value is -0.530. The fourth-order valence-electron chi connectivity index (χ4n) is 2.08. The maximum absolute atomic E-state index is 6.10. The lowest BCUT2D eigenvalue weighted by atomic mass is 9.97. The number of rotatable bonds is 7. The van der Waals surface area contributed by atoms with Crippen LogP contribution in [0.15, 0.2) is 18.2 Å². The summed E-state index contributed by atoms with van der Waals surface area (Å²) in [4.78, 5) is 0. The molecule has 0 spiro atoms. The highest BCUT2D eigenvalue weighted by atomic mass is 35.5. The van der Waals surface area contributed by atoms with Crippen molar-refractivity contribution in [3.63, 3.8) is 0 Å². The van der Waals surface area contributed by atoms with Crippen molar-refractivity contribution in [2.24, 2.45) is 0 Å². The van der Waals surface area contributed by atoms with Crippen molar-refractivity contribution in [2.45, 2.75) is 52.5 Å². The Morgan fingerprint density at radius 1 is 1.24 bits per heavy atom. The van der Waals surface area contributed by atoms with E-state index in [0.717, 1.165) is 11.6 Å². The van der Waals surface area contributed by atoms with Crippen LogP contribution >= 0.6 is 11.6 Å². The molecule has 0 saturated heterocycles. The van der Waals surface area contributed by atoms with Crippen LogP contribution in [0.2, 0.25) is 5.02 Å². The average molecular weight is 254 g/mol. The molecular weight excluding hydrogens is 230 g/mol. The molecular formula is C15H24ClN. The van der Waals surface area contributed by atoms with Gasteiger partial charge in [-0.1, -0.05) is 44.4 Å². The summed E-state index contributed by atoms with van der Waals surface area (Å²) in [7, 11) is 0. The lowest BCUT2D eigenvalue weighted by molar-refractivity contribution is 0.480. The van der Waals surface area contributed by atoms with E-state index in [-0.39, 0.29) is 0 Å². The molecule has 0 heterocycles. The number of hydrogen-bond acceptors (Lipinski definition) is 1. The van der Waals surface area contributed by atoms with Crippen LogP contribution in [0.3, 0.4) is 0 Å². The highest BCUT2D eigenvalue weighted by molar-refractivity contribution is 6.30. The first-order valence-electron chi connectivity index (χ1n) is 6.68. The Balaban J connectivity index is 2.82. The van der Waals surface area contributed by atoms with Gasteiger partial charge < -0.3 is 5.32 Å². The lowest BCUT2D eigenvalue weighted by Crippen LogP contribution is -2.22. The molecule has 0 amide bonds. The molecule has 1 aromatic rings. The average Bonchev–Trinajstić information content (AvgIpc) is 2.33.